The van der Waals surface area contributed by atoms with Crippen molar-refractivity contribution in [2.75, 3.05) is 0 Å². The summed E-state index contributed by atoms with van der Waals surface area (Å²) >= 11 is 1.52. The van der Waals surface area contributed by atoms with Gasteiger partial charge in [-0.25, -0.2) is 9.07 Å². The molecular formula is C22H23FN4S. The number of hydrogen-bond donors (Lipinski definition) is 0. The number of thiazole rings is 1. The Morgan fingerprint density at radius 2 is 1.86 bits per heavy atom. The normalized spacial score (nSPS) is 16.5. The Morgan fingerprint density at radius 1 is 1.11 bits per heavy atom. The topological polar surface area (TPSA) is 42.5 Å². The van der Waals surface area contributed by atoms with Gasteiger partial charge in [-0.15, -0.1) is 11.3 Å². The smallest absolute Gasteiger partial charge is 0.206 e. The van der Waals surface area contributed by atoms with Crippen LogP contribution in [0.2, 0.25) is 0 Å². The van der Waals surface area contributed by atoms with E-state index in [1.807, 2.05) is 30.5 Å². The van der Waals surface area contributed by atoms with Crippen molar-refractivity contribution < 1.29 is 4.39 Å². The third-order valence-corrected chi connectivity index (χ3v) is 5.88. The van der Waals surface area contributed by atoms with Gasteiger partial charge in [0.15, 0.2) is 0 Å². The zero-order chi connectivity index (χ0) is 19.3. The Balaban J connectivity index is 1.84. The fraction of sp³-hybridized carbons (Fsp3) is 0.318. The molecule has 0 bridgehead atoms. The highest BCUT2D eigenvalue weighted by atomic mass is 32.1. The van der Waals surface area contributed by atoms with E-state index in [1.54, 1.807) is 29.2 Å². The minimum atomic E-state index is -0.255. The standard InChI is InChI=1S/C22H23FN4S/c1-16(17-11-13-24-14-12-17)26-27-21(19-9-5-6-10-20(19)23)15-28-22(27)25-18-7-3-2-4-8-18/h5-6,9-15,18H,2-4,7-8H2,1H3. The van der Waals surface area contributed by atoms with E-state index in [2.05, 4.69) is 4.98 Å². The summed E-state index contributed by atoms with van der Waals surface area (Å²) in [5.41, 5.74) is 3.08. The van der Waals surface area contributed by atoms with Gasteiger partial charge in [0.05, 0.1) is 17.4 Å². The molecule has 0 aliphatic heterocycles. The van der Waals surface area contributed by atoms with Gasteiger partial charge in [-0.3, -0.25) is 9.98 Å². The molecule has 2 heterocycles. The van der Waals surface area contributed by atoms with Crippen molar-refractivity contribution in [1.29, 1.82) is 0 Å². The first-order chi connectivity index (χ1) is 13.7. The van der Waals surface area contributed by atoms with E-state index in [0.717, 1.165) is 34.6 Å². The van der Waals surface area contributed by atoms with Crippen LogP contribution in [0.5, 0.6) is 0 Å². The van der Waals surface area contributed by atoms with Gasteiger partial charge in [0, 0.05) is 28.9 Å². The SMILES string of the molecule is CC(=Nn1c(-c2ccccc2F)csc1=NC1CCCCC1)c1ccncc1. The highest BCUT2D eigenvalue weighted by molar-refractivity contribution is 7.07. The molecule has 0 spiro atoms. The predicted molar refractivity (Wildman–Crippen MR) is 112 cm³/mol. The van der Waals surface area contributed by atoms with Crippen LogP contribution >= 0.6 is 11.3 Å². The number of aromatic nitrogens is 2. The fourth-order valence-corrected chi connectivity index (χ4v) is 4.40. The summed E-state index contributed by atoms with van der Waals surface area (Å²) in [6.07, 6.45) is 9.45. The second-order valence-electron chi connectivity index (χ2n) is 7.04. The number of hydrogen-bond acceptors (Lipinski definition) is 4. The second-order valence-corrected chi connectivity index (χ2v) is 7.87. The molecule has 1 aliphatic carbocycles. The average molecular weight is 395 g/mol. The number of rotatable bonds is 4. The fourth-order valence-electron chi connectivity index (χ4n) is 3.51. The molecule has 1 fully saturated rings. The Bertz CT molecular complexity index is 1030. The minimum Gasteiger partial charge on any atom is -0.265 e. The molecule has 0 saturated heterocycles. The summed E-state index contributed by atoms with van der Waals surface area (Å²) < 4.78 is 16.3. The minimum absolute atomic E-state index is 0.255. The zero-order valence-electron chi connectivity index (χ0n) is 15.9. The lowest BCUT2D eigenvalue weighted by atomic mass is 9.96. The first-order valence-corrected chi connectivity index (χ1v) is 10.6. The molecule has 0 atom stereocenters. The quantitative estimate of drug-likeness (QED) is 0.557. The van der Waals surface area contributed by atoms with E-state index in [9.17, 15) is 4.39 Å². The van der Waals surface area contributed by atoms with Crippen LogP contribution in [-0.2, 0) is 0 Å². The third kappa shape index (κ3) is 4.12. The summed E-state index contributed by atoms with van der Waals surface area (Å²) in [5, 5.41) is 6.78. The molecule has 4 rings (SSSR count). The maximum absolute atomic E-state index is 14.5. The molecule has 2 aromatic heterocycles. The van der Waals surface area contributed by atoms with Crippen molar-refractivity contribution in [2.45, 2.75) is 45.1 Å². The molecule has 1 aromatic carbocycles. The summed E-state index contributed by atoms with van der Waals surface area (Å²) in [6, 6.07) is 11.0. The lowest BCUT2D eigenvalue weighted by Gasteiger charge is -2.17. The lowest BCUT2D eigenvalue weighted by Crippen LogP contribution is -2.20. The highest BCUT2D eigenvalue weighted by Crippen LogP contribution is 2.24. The van der Waals surface area contributed by atoms with Crippen LogP contribution in [-0.4, -0.2) is 21.4 Å². The summed E-state index contributed by atoms with van der Waals surface area (Å²) in [5.74, 6) is -0.255. The first kappa shape index (κ1) is 18.7. The van der Waals surface area contributed by atoms with Gasteiger partial charge in [-0.1, -0.05) is 31.4 Å². The lowest BCUT2D eigenvalue weighted by molar-refractivity contribution is 0.435. The van der Waals surface area contributed by atoms with Gasteiger partial charge in [-0.2, -0.15) is 5.10 Å². The maximum atomic E-state index is 14.5. The van der Waals surface area contributed by atoms with Crippen molar-refractivity contribution in [2.24, 2.45) is 10.1 Å². The molecule has 0 unspecified atom stereocenters. The summed E-state index contributed by atoms with van der Waals surface area (Å²) in [4.78, 5) is 9.87. The Kier molecular flexibility index (Phi) is 5.76. The van der Waals surface area contributed by atoms with Crippen molar-refractivity contribution in [3.8, 4) is 11.3 Å². The Labute approximate surface area is 168 Å². The molecule has 0 amide bonds. The molecular weight excluding hydrogens is 371 g/mol. The van der Waals surface area contributed by atoms with Crippen LogP contribution in [0.15, 0.2) is 64.3 Å². The van der Waals surface area contributed by atoms with Gasteiger partial charge in [0.25, 0.3) is 0 Å². The van der Waals surface area contributed by atoms with Gasteiger partial charge in [-0.05, 0) is 44.0 Å². The number of halogens is 1. The van der Waals surface area contributed by atoms with Crippen molar-refractivity contribution >= 4 is 17.0 Å². The molecule has 28 heavy (non-hydrogen) atoms. The molecule has 6 heteroatoms. The molecule has 1 saturated carbocycles. The third-order valence-electron chi connectivity index (χ3n) is 5.05. The Morgan fingerprint density at radius 3 is 2.61 bits per heavy atom. The van der Waals surface area contributed by atoms with Gasteiger partial charge in [0.1, 0.15) is 5.82 Å². The number of pyridine rings is 1. The van der Waals surface area contributed by atoms with Crippen molar-refractivity contribution in [3.63, 3.8) is 0 Å². The average Bonchev–Trinajstić information content (AvgIpc) is 3.11. The summed E-state index contributed by atoms with van der Waals surface area (Å²) in [7, 11) is 0. The van der Waals surface area contributed by atoms with E-state index in [4.69, 9.17) is 10.1 Å². The molecule has 4 nitrogen and oxygen atoms in total. The second kappa shape index (κ2) is 8.61. The van der Waals surface area contributed by atoms with Gasteiger partial charge >= 0.3 is 0 Å². The molecule has 144 valence electrons. The monoisotopic (exact) mass is 394 g/mol. The van der Waals surface area contributed by atoms with E-state index in [1.165, 1.54) is 36.7 Å². The molecule has 0 radical (unpaired) electrons. The number of nitrogens with zero attached hydrogens (tertiary/aromatic N) is 4. The van der Waals surface area contributed by atoms with E-state index < -0.39 is 0 Å². The van der Waals surface area contributed by atoms with Crippen LogP contribution in [0.4, 0.5) is 4.39 Å². The van der Waals surface area contributed by atoms with E-state index >= 15 is 0 Å². The van der Waals surface area contributed by atoms with E-state index in [-0.39, 0.29) is 5.82 Å². The van der Waals surface area contributed by atoms with Crippen molar-refractivity contribution in [1.82, 2.24) is 9.66 Å². The van der Waals surface area contributed by atoms with Crippen LogP contribution < -0.4 is 4.80 Å². The van der Waals surface area contributed by atoms with Crippen molar-refractivity contribution in [3.05, 3.63) is 70.4 Å². The maximum Gasteiger partial charge on any atom is 0.206 e. The van der Waals surface area contributed by atoms with Crippen LogP contribution in [0, 0.1) is 5.82 Å². The van der Waals surface area contributed by atoms with Crippen LogP contribution in [0.3, 0.4) is 0 Å². The van der Waals surface area contributed by atoms with Gasteiger partial charge in [0.2, 0.25) is 4.80 Å². The summed E-state index contributed by atoms with van der Waals surface area (Å²) in [6.45, 7) is 1.95. The van der Waals surface area contributed by atoms with Crippen LogP contribution in [0.25, 0.3) is 11.3 Å². The van der Waals surface area contributed by atoms with Gasteiger partial charge < -0.3 is 0 Å². The molecule has 0 N–H and O–H groups in total. The molecule has 1 aliphatic rings. The number of benzene rings is 1. The largest absolute Gasteiger partial charge is 0.265 e. The first-order valence-electron chi connectivity index (χ1n) is 9.67. The Hall–Kier alpha value is -2.60. The highest BCUT2D eigenvalue weighted by Gasteiger charge is 2.15. The van der Waals surface area contributed by atoms with E-state index in [0.29, 0.717) is 11.6 Å². The molecule has 3 aromatic rings. The zero-order valence-corrected chi connectivity index (χ0v) is 16.7. The predicted octanol–water partition coefficient (Wildman–Crippen LogP) is 5.26. The van der Waals surface area contributed by atoms with Crippen LogP contribution in [0.1, 0.15) is 44.6 Å².